The first-order valence-corrected chi connectivity index (χ1v) is 6.69. The lowest BCUT2D eigenvalue weighted by Crippen LogP contribution is -2.30. The van der Waals surface area contributed by atoms with E-state index in [0.717, 1.165) is 30.8 Å². The molecule has 0 N–H and O–H groups in total. The molecule has 0 saturated carbocycles. The van der Waals surface area contributed by atoms with E-state index < -0.39 is 0 Å². The molecule has 0 heterocycles. The van der Waals surface area contributed by atoms with Crippen LogP contribution >= 0.6 is 0 Å². The van der Waals surface area contributed by atoms with Crippen molar-refractivity contribution in [2.24, 2.45) is 0 Å². The number of Topliss-reactive ketones (excluding diaryl/α,β-unsaturated/α-hetero) is 1. The van der Waals surface area contributed by atoms with Crippen LogP contribution in [0, 0.1) is 0 Å². The number of ketones is 1. The Kier molecular flexibility index (Phi) is 6.44. The van der Waals surface area contributed by atoms with Gasteiger partial charge in [0.1, 0.15) is 5.75 Å². The van der Waals surface area contributed by atoms with Crippen molar-refractivity contribution in [3.8, 4) is 5.75 Å². The Morgan fingerprint density at radius 3 is 2.33 bits per heavy atom. The van der Waals surface area contributed by atoms with Crippen LogP contribution in [-0.2, 0) is 0 Å². The number of hydrogen-bond donors (Lipinski definition) is 0. The number of ether oxygens (including phenoxy) is 1. The van der Waals surface area contributed by atoms with Crippen molar-refractivity contribution in [3.63, 3.8) is 0 Å². The van der Waals surface area contributed by atoms with Crippen molar-refractivity contribution in [2.45, 2.75) is 27.2 Å². The summed E-state index contributed by atoms with van der Waals surface area (Å²) in [6.45, 7) is 9.19. The van der Waals surface area contributed by atoms with Gasteiger partial charge in [-0.3, -0.25) is 9.69 Å². The van der Waals surface area contributed by atoms with E-state index in [0.29, 0.717) is 13.2 Å². The second-order valence-electron chi connectivity index (χ2n) is 4.25. The number of hydrogen-bond acceptors (Lipinski definition) is 3. The highest BCUT2D eigenvalue weighted by Gasteiger charge is 2.10. The van der Waals surface area contributed by atoms with Gasteiger partial charge in [0.15, 0.2) is 5.78 Å². The van der Waals surface area contributed by atoms with E-state index in [1.54, 1.807) is 0 Å². The highest BCUT2D eigenvalue weighted by molar-refractivity contribution is 5.97. The monoisotopic (exact) mass is 249 g/mol. The Bertz CT molecular complexity index is 359. The van der Waals surface area contributed by atoms with Gasteiger partial charge in [-0.05, 0) is 50.7 Å². The maximum atomic E-state index is 12.1. The number of likely N-dealkylation sites (N-methyl/N-ethyl adjacent to an activating group) is 1. The average Bonchev–Trinajstić information content (AvgIpc) is 2.39. The summed E-state index contributed by atoms with van der Waals surface area (Å²) < 4.78 is 5.36. The van der Waals surface area contributed by atoms with Gasteiger partial charge in [-0.1, -0.05) is 13.8 Å². The molecule has 100 valence electrons. The minimum Gasteiger partial charge on any atom is -0.494 e. The third kappa shape index (κ3) is 4.49. The molecule has 1 rings (SSSR count). The van der Waals surface area contributed by atoms with Crippen LogP contribution in [0.1, 0.15) is 37.6 Å². The van der Waals surface area contributed by atoms with Crippen LogP contribution in [-0.4, -0.2) is 36.9 Å². The van der Waals surface area contributed by atoms with Crippen molar-refractivity contribution >= 4 is 5.78 Å². The maximum absolute atomic E-state index is 12.1. The van der Waals surface area contributed by atoms with E-state index in [2.05, 4.69) is 18.7 Å². The SMILES string of the molecule is CCCN(CC)CC(=O)c1ccc(OCC)cc1. The summed E-state index contributed by atoms with van der Waals surface area (Å²) in [5.74, 6) is 0.989. The fourth-order valence-corrected chi connectivity index (χ4v) is 1.86. The summed E-state index contributed by atoms with van der Waals surface area (Å²) in [5.41, 5.74) is 0.757. The molecule has 1 aromatic rings. The molecule has 0 atom stereocenters. The third-order valence-corrected chi connectivity index (χ3v) is 2.84. The van der Waals surface area contributed by atoms with Gasteiger partial charge in [0.25, 0.3) is 0 Å². The first-order chi connectivity index (χ1) is 8.71. The second kappa shape index (κ2) is 7.88. The van der Waals surface area contributed by atoms with E-state index in [1.165, 1.54) is 0 Å². The van der Waals surface area contributed by atoms with Crippen molar-refractivity contribution < 1.29 is 9.53 Å². The summed E-state index contributed by atoms with van der Waals surface area (Å²) >= 11 is 0. The largest absolute Gasteiger partial charge is 0.494 e. The van der Waals surface area contributed by atoms with E-state index in [1.807, 2.05) is 31.2 Å². The molecule has 3 nitrogen and oxygen atoms in total. The molecular formula is C15H23NO2. The second-order valence-corrected chi connectivity index (χ2v) is 4.25. The van der Waals surface area contributed by atoms with E-state index in [4.69, 9.17) is 4.74 Å². The zero-order chi connectivity index (χ0) is 13.4. The molecule has 0 radical (unpaired) electrons. The van der Waals surface area contributed by atoms with Gasteiger partial charge < -0.3 is 4.74 Å². The predicted molar refractivity (Wildman–Crippen MR) is 74.3 cm³/mol. The van der Waals surface area contributed by atoms with Gasteiger partial charge in [-0.25, -0.2) is 0 Å². The smallest absolute Gasteiger partial charge is 0.176 e. The van der Waals surface area contributed by atoms with Crippen LogP contribution in [0.4, 0.5) is 0 Å². The van der Waals surface area contributed by atoms with Crippen LogP contribution in [0.2, 0.25) is 0 Å². The Morgan fingerprint density at radius 2 is 1.83 bits per heavy atom. The first kappa shape index (κ1) is 14.7. The summed E-state index contributed by atoms with van der Waals surface area (Å²) in [7, 11) is 0. The molecule has 0 saturated heterocycles. The normalized spacial score (nSPS) is 10.7. The fourth-order valence-electron chi connectivity index (χ4n) is 1.86. The summed E-state index contributed by atoms with van der Waals surface area (Å²) in [4.78, 5) is 14.2. The molecule has 3 heteroatoms. The molecule has 0 unspecified atom stereocenters. The zero-order valence-corrected chi connectivity index (χ0v) is 11.6. The van der Waals surface area contributed by atoms with Crippen LogP contribution in [0.5, 0.6) is 5.75 Å². The minimum atomic E-state index is 0.174. The molecule has 0 amide bonds. The Morgan fingerprint density at radius 1 is 1.17 bits per heavy atom. The summed E-state index contributed by atoms with van der Waals surface area (Å²) in [5, 5.41) is 0. The minimum absolute atomic E-state index is 0.174. The number of nitrogens with zero attached hydrogens (tertiary/aromatic N) is 1. The standard InChI is InChI=1S/C15H23NO2/c1-4-11-16(5-2)12-15(17)13-7-9-14(10-8-13)18-6-3/h7-10H,4-6,11-12H2,1-3H3. The molecule has 0 aliphatic carbocycles. The number of rotatable bonds is 8. The molecule has 0 aromatic heterocycles. The predicted octanol–water partition coefficient (Wildman–Crippen LogP) is 3.00. The highest BCUT2D eigenvalue weighted by atomic mass is 16.5. The third-order valence-electron chi connectivity index (χ3n) is 2.84. The summed E-state index contributed by atoms with van der Waals surface area (Å²) in [6.07, 6.45) is 1.07. The van der Waals surface area contributed by atoms with Gasteiger partial charge in [0, 0.05) is 5.56 Å². The quantitative estimate of drug-likeness (QED) is 0.663. The van der Waals surface area contributed by atoms with Gasteiger partial charge in [-0.15, -0.1) is 0 Å². The molecule has 0 spiro atoms. The highest BCUT2D eigenvalue weighted by Crippen LogP contribution is 2.12. The van der Waals surface area contributed by atoms with E-state index in [-0.39, 0.29) is 5.78 Å². The van der Waals surface area contributed by atoms with Crippen LogP contribution in [0.15, 0.2) is 24.3 Å². The molecule has 18 heavy (non-hydrogen) atoms. The molecule has 0 aliphatic heterocycles. The fraction of sp³-hybridized carbons (Fsp3) is 0.533. The Balaban J connectivity index is 2.60. The molecule has 1 aromatic carbocycles. The lowest BCUT2D eigenvalue weighted by atomic mass is 10.1. The number of benzene rings is 1. The zero-order valence-electron chi connectivity index (χ0n) is 11.6. The summed E-state index contributed by atoms with van der Waals surface area (Å²) in [6, 6.07) is 7.39. The van der Waals surface area contributed by atoms with Crippen LogP contribution < -0.4 is 4.74 Å². The lowest BCUT2D eigenvalue weighted by Gasteiger charge is -2.18. The van der Waals surface area contributed by atoms with Crippen molar-refractivity contribution in [3.05, 3.63) is 29.8 Å². The van der Waals surface area contributed by atoms with Crippen molar-refractivity contribution in [2.75, 3.05) is 26.2 Å². The number of carbonyl (C=O) groups is 1. The molecular weight excluding hydrogens is 226 g/mol. The Hall–Kier alpha value is -1.35. The van der Waals surface area contributed by atoms with Crippen LogP contribution in [0.3, 0.4) is 0 Å². The molecule has 0 bridgehead atoms. The van der Waals surface area contributed by atoms with Crippen molar-refractivity contribution in [1.82, 2.24) is 4.90 Å². The first-order valence-electron chi connectivity index (χ1n) is 6.69. The van der Waals surface area contributed by atoms with E-state index >= 15 is 0 Å². The van der Waals surface area contributed by atoms with Crippen LogP contribution in [0.25, 0.3) is 0 Å². The van der Waals surface area contributed by atoms with Gasteiger partial charge in [-0.2, -0.15) is 0 Å². The van der Waals surface area contributed by atoms with Crippen molar-refractivity contribution in [1.29, 1.82) is 0 Å². The van der Waals surface area contributed by atoms with Gasteiger partial charge >= 0.3 is 0 Å². The maximum Gasteiger partial charge on any atom is 0.176 e. The van der Waals surface area contributed by atoms with Gasteiger partial charge in [0.05, 0.1) is 13.2 Å². The topological polar surface area (TPSA) is 29.5 Å². The van der Waals surface area contributed by atoms with E-state index in [9.17, 15) is 4.79 Å². The average molecular weight is 249 g/mol. The molecule has 0 aliphatic rings. The van der Waals surface area contributed by atoms with Gasteiger partial charge in [0.2, 0.25) is 0 Å². The Labute approximate surface area is 110 Å². The molecule has 0 fully saturated rings. The lowest BCUT2D eigenvalue weighted by molar-refractivity contribution is 0.0934. The number of carbonyl (C=O) groups excluding carboxylic acids is 1.